The van der Waals surface area contributed by atoms with Crippen LogP contribution in [0.5, 0.6) is 0 Å². The molecule has 0 atom stereocenters. The van der Waals surface area contributed by atoms with Gasteiger partial charge in [-0.15, -0.1) is 0 Å². The Balaban J connectivity index is 1.49. The first-order valence-corrected chi connectivity index (χ1v) is 10.6. The Morgan fingerprint density at radius 2 is 1.16 bits per heavy atom. The molecule has 32 heavy (non-hydrogen) atoms. The Morgan fingerprint density at radius 3 is 1.66 bits per heavy atom. The second-order valence-electron chi connectivity index (χ2n) is 7.94. The van der Waals surface area contributed by atoms with Gasteiger partial charge in [0.1, 0.15) is 0 Å². The van der Waals surface area contributed by atoms with Crippen LogP contribution in [-0.4, -0.2) is 14.9 Å². The van der Waals surface area contributed by atoms with Crippen LogP contribution in [0.4, 0.5) is 5.69 Å². The van der Waals surface area contributed by atoms with Crippen LogP contribution in [0, 0.1) is 10.1 Å². The van der Waals surface area contributed by atoms with E-state index in [4.69, 9.17) is 9.97 Å². The van der Waals surface area contributed by atoms with E-state index in [1.807, 2.05) is 48.5 Å². The van der Waals surface area contributed by atoms with E-state index < -0.39 is 0 Å². The number of nitro groups is 1. The topological polar surface area (TPSA) is 68.9 Å². The van der Waals surface area contributed by atoms with E-state index in [-0.39, 0.29) is 16.5 Å². The predicted octanol–water partition coefficient (Wildman–Crippen LogP) is 6.26. The molecule has 0 bridgehead atoms. The summed E-state index contributed by atoms with van der Waals surface area (Å²) in [4.78, 5) is 20.4. The molecule has 0 radical (unpaired) electrons. The molecule has 0 amide bonds. The minimum atomic E-state index is -0.367. The van der Waals surface area contributed by atoms with Gasteiger partial charge in [0, 0.05) is 34.3 Å². The second kappa shape index (κ2) is 8.55. The average Bonchev–Trinajstić information content (AvgIpc) is 2.83. The highest BCUT2D eigenvalue weighted by Gasteiger charge is 2.17. The van der Waals surface area contributed by atoms with Gasteiger partial charge in [-0.25, -0.2) is 0 Å². The van der Waals surface area contributed by atoms with Gasteiger partial charge in [-0.1, -0.05) is 60.7 Å². The highest BCUT2D eigenvalue weighted by molar-refractivity contribution is 5.79. The van der Waals surface area contributed by atoms with Crippen LogP contribution >= 0.6 is 0 Å². The van der Waals surface area contributed by atoms with Crippen LogP contribution < -0.4 is 0 Å². The molecule has 5 rings (SSSR count). The number of hydrogen-bond acceptors (Lipinski definition) is 4. The van der Waals surface area contributed by atoms with Crippen molar-refractivity contribution in [1.29, 1.82) is 0 Å². The molecule has 0 aliphatic heterocycles. The maximum absolute atomic E-state index is 11.1. The van der Waals surface area contributed by atoms with E-state index >= 15 is 0 Å². The molecule has 0 saturated carbocycles. The van der Waals surface area contributed by atoms with E-state index in [0.29, 0.717) is 0 Å². The molecule has 0 spiro atoms. The molecule has 5 heteroatoms. The van der Waals surface area contributed by atoms with Crippen molar-refractivity contribution in [2.24, 2.45) is 0 Å². The molecule has 0 saturated heterocycles. The van der Waals surface area contributed by atoms with Gasteiger partial charge in [0.2, 0.25) is 0 Å². The van der Waals surface area contributed by atoms with Crippen molar-refractivity contribution in [2.75, 3.05) is 0 Å². The van der Waals surface area contributed by atoms with Crippen molar-refractivity contribution in [3.05, 3.63) is 124 Å². The highest BCUT2D eigenvalue weighted by atomic mass is 16.6. The van der Waals surface area contributed by atoms with Crippen LogP contribution in [-0.2, 0) is 12.8 Å². The molecular formula is C27H21N3O2. The summed E-state index contributed by atoms with van der Waals surface area (Å²) in [5.41, 5.74) is 5.06. The molecular weight excluding hydrogens is 398 g/mol. The Hall–Kier alpha value is -4.12. The fourth-order valence-electron chi connectivity index (χ4n) is 4.12. The van der Waals surface area contributed by atoms with Crippen LogP contribution in [0.3, 0.4) is 0 Å². The van der Waals surface area contributed by atoms with Crippen molar-refractivity contribution in [1.82, 2.24) is 9.97 Å². The number of hydrogen-bond donors (Lipinski definition) is 0. The minimum Gasteiger partial charge on any atom is -0.258 e. The molecule has 0 unspecified atom stereocenters. The fraction of sp³-hybridized carbons (Fsp3) is 0.111. The molecule has 0 fully saturated rings. The Kier molecular flexibility index (Phi) is 5.30. The van der Waals surface area contributed by atoms with Gasteiger partial charge in [0.05, 0.1) is 16.0 Å². The van der Waals surface area contributed by atoms with Crippen molar-refractivity contribution in [3.8, 4) is 0 Å². The summed E-state index contributed by atoms with van der Waals surface area (Å²) in [7, 11) is 0. The monoisotopic (exact) mass is 419 g/mol. The molecule has 0 N–H and O–H groups in total. The molecule has 2 aromatic heterocycles. The van der Waals surface area contributed by atoms with Crippen LogP contribution in [0.2, 0.25) is 0 Å². The molecule has 3 aromatic carbocycles. The third-order valence-corrected chi connectivity index (χ3v) is 5.80. The summed E-state index contributed by atoms with van der Waals surface area (Å²) in [6.45, 7) is 0. The van der Waals surface area contributed by atoms with Crippen LogP contribution in [0.25, 0.3) is 21.8 Å². The van der Waals surface area contributed by atoms with Crippen molar-refractivity contribution in [3.63, 3.8) is 0 Å². The third kappa shape index (κ3) is 4.18. The lowest BCUT2D eigenvalue weighted by Gasteiger charge is -2.17. The number of aromatic nitrogens is 2. The lowest BCUT2D eigenvalue weighted by Crippen LogP contribution is -2.09. The van der Waals surface area contributed by atoms with E-state index in [1.54, 1.807) is 12.1 Å². The zero-order valence-electron chi connectivity index (χ0n) is 17.4. The maximum atomic E-state index is 11.1. The van der Waals surface area contributed by atoms with Crippen LogP contribution in [0.1, 0.15) is 22.9 Å². The average molecular weight is 419 g/mol. The van der Waals surface area contributed by atoms with Gasteiger partial charge in [-0.05, 0) is 48.6 Å². The summed E-state index contributed by atoms with van der Waals surface area (Å²) >= 11 is 0. The first-order chi connectivity index (χ1) is 15.7. The van der Waals surface area contributed by atoms with Gasteiger partial charge in [0.15, 0.2) is 0 Å². The van der Waals surface area contributed by atoms with Crippen molar-refractivity contribution in [2.45, 2.75) is 18.8 Å². The largest absolute Gasteiger partial charge is 0.269 e. The first kappa shape index (κ1) is 19.8. The molecule has 156 valence electrons. The maximum Gasteiger partial charge on any atom is 0.269 e. The van der Waals surface area contributed by atoms with Gasteiger partial charge in [-0.2, -0.15) is 0 Å². The van der Waals surface area contributed by atoms with E-state index in [9.17, 15) is 10.1 Å². The number of fused-ring (bicyclic) bond motifs is 2. The van der Waals surface area contributed by atoms with Crippen molar-refractivity contribution < 1.29 is 4.92 Å². The number of nitro benzene ring substituents is 1. The summed E-state index contributed by atoms with van der Waals surface area (Å²) in [6, 6.07) is 31.3. The lowest BCUT2D eigenvalue weighted by atomic mass is 9.89. The number of benzene rings is 3. The Labute approximate surface area is 185 Å². The Morgan fingerprint density at radius 1 is 0.656 bits per heavy atom. The number of para-hydroxylation sites is 2. The summed E-state index contributed by atoms with van der Waals surface area (Å²) in [6.07, 6.45) is 1.44. The normalized spacial score (nSPS) is 11.3. The van der Waals surface area contributed by atoms with E-state index in [0.717, 1.165) is 51.6 Å². The molecule has 5 aromatic rings. The zero-order chi connectivity index (χ0) is 21.9. The van der Waals surface area contributed by atoms with Gasteiger partial charge in [0.25, 0.3) is 5.69 Å². The standard InChI is InChI=1S/C27H21N3O2/c31-30(32)25-15-11-19(12-16-25)22(17-23-13-9-20-5-1-3-7-26(20)28-23)18-24-14-10-21-6-2-4-8-27(21)29-24/h1-16,22H,17-18H2. The quantitative estimate of drug-likeness (QED) is 0.241. The summed E-state index contributed by atoms with van der Waals surface area (Å²) < 4.78 is 0. The summed E-state index contributed by atoms with van der Waals surface area (Å²) in [5.74, 6) is 0.0955. The molecule has 5 nitrogen and oxygen atoms in total. The third-order valence-electron chi connectivity index (χ3n) is 5.80. The highest BCUT2D eigenvalue weighted by Crippen LogP contribution is 2.27. The number of pyridine rings is 2. The Bertz CT molecular complexity index is 1330. The van der Waals surface area contributed by atoms with Crippen molar-refractivity contribution >= 4 is 27.5 Å². The second-order valence-corrected chi connectivity index (χ2v) is 7.94. The molecule has 0 aliphatic rings. The van der Waals surface area contributed by atoms with Gasteiger partial charge < -0.3 is 0 Å². The summed E-state index contributed by atoms with van der Waals surface area (Å²) in [5, 5.41) is 13.3. The van der Waals surface area contributed by atoms with E-state index in [2.05, 4.69) is 36.4 Å². The number of nitrogens with zero attached hydrogens (tertiary/aromatic N) is 3. The molecule has 2 heterocycles. The lowest BCUT2D eigenvalue weighted by molar-refractivity contribution is -0.384. The zero-order valence-corrected chi connectivity index (χ0v) is 17.4. The minimum absolute atomic E-state index is 0.0955. The molecule has 0 aliphatic carbocycles. The smallest absolute Gasteiger partial charge is 0.258 e. The predicted molar refractivity (Wildman–Crippen MR) is 127 cm³/mol. The number of non-ortho nitro benzene ring substituents is 1. The number of rotatable bonds is 6. The first-order valence-electron chi connectivity index (χ1n) is 10.6. The van der Waals surface area contributed by atoms with Crippen LogP contribution in [0.15, 0.2) is 97.1 Å². The fourth-order valence-corrected chi connectivity index (χ4v) is 4.12. The van der Waals surface area contributed by atoms with E-state index in [1.165, 1.54) is 0 Å². The SMILES string of the molecule is O=[N+]([O-])c1ccc(C(Cc2ccc3ccccc3n2)Cc2ccc3ccccc3n2)cc1. The van der Waals surface area contributed by atoms with Gasteiger partial charge in [-0.3, -0.25) is 20.1 Å². The van der Waals surface area contributed by atoms with Gasteiger partial charge >= 0.3 is 0 Å².